The van der Waals surface area contributed by atoms with E-state index in [0.29, 0.717) is 23.2 Å². The Hall–Kier alpha value is -2.70. The third-order valence-electron chi connectivity index (χ3n) is 3.49. The molecule has 1 saturated heterocycles. The molecule has 3 rings (SSSR count). The summed E-state index contributed by atoms with van der Waals surface area (Å²) in [5.41, 5.74) is 0.562. The molecule has 120 valence electrons. The predicted octanol–water partition coefficient (Wildman–Crippen LogP) is 2.43. The molecule has 1 aliphatic rings. The molecule has 1 aliphatic heterocycles. The fourth-order valence-electron chi connectivity index (χ4n) is 2.26. The van der Waals surface area contributed by atoms with Crippen LogP contribution in [0.1, 0.15) is 44.3 Å². The number of ether oxygens (including phenoxy) is 1. The molecule has 0 atom stereocenters. The van der Waals surface area contributed by atoms with E-state index in [0.717, 1.165) is 0 Å². The molecule has 2 aromatic rings. The van der Waals surface area contributed by atoms with Crippen molar-refractivity contribution in [3.8, 4) is 5.75 Å². The zero-order chi connectivity index (χ0) is 16.4. The van der Waals surface area contributed by atoms with Gasteiger partial charge >= 0.3 is 0 Å². The lowest BCUT2D eigenvalue weighted by Crippen LogP contribution is -2.28. The van der Waals surface area contributed by atoms with Crippen molar-refractivity contribution in [2.24, 2.45) is 0 Å². The van der Waals surface area contributed by atoms with Crippen LogP contribution in [-0.2, 0) is 16.2 Å². The smallest absolute Gasteiger partial charge is 0.234 e. The first-order valence-electron chi connectivity index (χ1n) is 7.45. The minimum absolute atomic E-state index is 0.170. The van der Waals surface area contributed by atoms with E-state index in [-0.39, 0.29) is 37.2 Å². The van der Waals surface area contributed by atoms with Crippen molar-refractivity contribution in [1.29, 1.82) is 0 Å². The number of imide groups is 1. The van der Waals surface area contributed by atoms with Gasteiger partial charge in [0, 0.05) is 18.8 Å². The lowest BCUT2D eigenvalue weighted by molar-refractivity contribution is -0.121. The van der Waals surface area contributed by atoms with Gasteiger partial charge < -0.3 is 9.26 Å². The zero-order valence-corrected chi connectivity index (χ0v) is 13.0. The summed E-state index contributed by atoms with van der Waals surface area (Å²) in [7, 11) is 0. The van der Waals surface area contributed by atoms with Crippen molar-refractivity contribution >= 4 is 17.5 Å². The van der Waals surface area contributed by atoms with Gasteiger partial charge in [-0.15, -0.1) is 0 Å². The summed E-state index contributed by atoms with van der Waals surface area (Å²) in [6, 6.07) is 6.79. The number of nitrogens with zero attached hydrogens (tertiary/aromatic N) is 3. The highest BCUT2D eigenvalue weighted by Crippen LogP contribution is 2.25. The molecule has 0 aliphatic carbocycles. The van der Waals surface area contributed by atoms with Crippen LogP contribution in [0.3, 0.4) is 0 Å². The van der Waals surface area contributed by atoms with E-state index in [1.54, 1.807) is 24.3 Å². The summed E-state index contributed by atoms with van der Waals surface area (Å²) in [5, 5.41) is 3.84. The zero-order valence-electron chi connectivity index (χ0n) is 13.0. The highest BCUT2D eigenvalue weighted by Gasteiger charge is 2.30. The van der Waals surface area contributed by atoms with Gasteiger partial charge in [0.25, 0.3) is 0 Å². The molecule has 0 unspecified atom stereocenters. The Morgan fingerprint density at radius 1 is 1.17 bits per heavy atom. The molecule has 1 fully saturated rings. The van der Waals surface area contributed by atoms with Gasteiger partial charge in [-0.05, 0) is 24.3 Å². The first-order chi connectivity index (χ1) is 11.0. The van der Waals surface area contributed by atoms with Gasteiger partial charge in [0.1, 0.15) is 5.75 Å². The SMILES string of the molecule is CC(C)c1nc(COc2ccc(N3C(=O)CCC3=O)cc2)no1. The van der Waals surface area contributed by atoms with E-state index in [1.807, 2.05) is 13.8 Å². The van der Waals surface area contributed by atoms with Crippen molar-refractivity contribution < 1.29 is 18.8 Å². The standard InChI is InChI=1S/C16H17N3O4/c1-10(2)16-17-13(18-23-16)9-22-12-5-3-11(4-6-12)19-14(20)7-8-15(19)21/h3-6,10H,7-9H2,1-2H3. The molecule has 1 aromatic heterocycles. The number of carbonyl (C=O) groups excluding carboxylic acids is 2. The van der Waals surface area contributed by atoms with E-state index in [1.165, 1.54) is 4.90 Å². The summed E-state index contributed by atoms with van der Waals surface area (Å²) in [5.74, 6) is 1.48. The molecule has 0 saturated carbocycles. The maximum atomic E-state index is 11.7. The molecule has 2 amide bonds. The lowest BCUT2D eigenvalue weighted by Gasteiger charge is -2.14. The van der Waals surface area contributed by atoms with Crippen LogP contribution in [0.4, 0.5) is 5.69 Å². The number of carbonyl (C=O) groups is 2. The topological polar surface area (TPSA) is 85.5 Å². The van der Waals surface area contributed by atoms with Gasteiger partial charge in [-0.2, -0.15) is 4.98 Å². The van der Waals surface area contributed by atoms with Gasteiger partial charge in [0.15, 0.2) is 6.61 Å². The number of benzene rings is 1. The van der Waals surface area contributed by atoms with Crippen LogP contribution < -0.4 is 9.64 Å². The summed E-state index contributed by atoms with van der Waals surface area (Å²) in [4.78, 5) is 28.8. The summed E-state index contributed by atoms with van der Waals surface area (Å²) >= 11 is 0. The minimum Gasteiger partial charge on any atom is -0.485 e. The van der Waals surface area contributed by atoms with Crippen LogP contribution in [0.5, 0.6) is 5.75 Å². The van der Waals surface area contributed by atoms with Crippen LogP contribution in [0.2, 0.25) is 0 Å². The van der Waals surface area contributed by atoms with Gasteiger partial charge in [-0.25, -0.2) is 0 Å². The first-order valence-corrected chi connectivity index (χ1v) is 7.45. The van der Waals surface area contributed by atoms with Crippen molar-refractivity contribution in [3.63, 3.8) is 0 Å². The Morgan fingerprint density at radius 2 is 1.83 bits per heavy atom. The molecule has 0 bridgehead atoms. The molecule has 7 heteroatoms. The highest BCUT2D eigenvalue weighted by atomic mass is 16.5. The second-order valence-electron chi connectivity index (χ2n) is 5.61. The van der Waals surface area contributed by atoms with Crippen LogP contribution in [0, 0.1) is 0 Å². The van der Waals surface area contributed by atoms with Crippen molar-refractivity contribution in [1.82, 2.24) is 10.1 Å². The predicted molar refractivity (Wildman–Crippen MR) is 80.9 cm³/mol. The van der Waals surface area contributed by atoms with Crippen LogP contribution in [-0.4, -0.2) is 22.0 Å². The third-order valence-corrected chi connectivity index (χ3v) is 3.49. The lowest BCUT2D eigenvalue weighted by atomic mass is 10.2. The molecule has 23 heavy (non-hydrogen) atoms. The molecule has 0 N–H and O–H groups in total. The van der Waals surface area contributed by atoms with Gasteiger partial charge in [-0.3, -0.25) is 14.5 Å². The maximum Gasteiger partial charge on any atom is 0.234 e. The van der Waals surface area contributed by atoms with Crippen molar-refractivity contribution in [3.05, 3.63) is 36.0 Å². The highest BCUT2D eigenvalue weighted by molar-refractivity contribution is 6.19. The molecule has 0 radical (unpaired) electrons. The van der Waals surface area contributed by atoms with E-state index in [4.69, 9.17) is 9.26 Å². The first kappa shape index (κ1) is 15.2. The number of hydrogen-bond donors (Lipinski definition) is 0. The average molecular weight is 315 g/mol. The Kier molecular flexibility index (Phi) is 4.10. The monoisotopic (exact) mass is 315 g/mol. The summed E-state index contributed by atoms with van der Waals surface area (Å²) in [6.45, 7) is 4.13. The number of amides is 2. The average Bonchev–Trinajstić information content (AvgIpc) is 3.13. The number of rotatable bonds is 5. The van der Waals surface area contributed by atoms with E-state index in [9.17, 15) is 9.59 Å². The summed E-state index contributed by atoms with van der Waals surface area (Å²) < 4.78 is 10.7. The number of hydrogen-bond acceptors (Lipinski definition) is 6. The van der Waals surface area contributed by atoms with Crippen molar-refractivity contribution in [2.75, 3.05) is 4.90 Å². The fraction of sp³-hybridized carbons (Fsp3) is 0.375. The maximum absolute atomic E-state index is 11.7. The normalized spacial score (nSPS) is 14.8. The Balaban J connectivity index is 1.63. The second-order valence-corrected chi connectivity index (χ2v) is 5.61. The Morgan fingerprint density at radius 3 is 2.39 bits per heavy atom. The van der Waals surface area contributed by atoms with Gasteiger partial charge in [0.05, 0.1) is 5.69 Å². The molecular formula is C16H17N3O4. The molecule has 7 nitrogen and oxygen atoms in total. The molecular weight excluding hydrogens is 298 g/mol. The Bertz CT molecular complexity index is 705. The minimum atomic E-state index is -0.170. The van der Waals surface area contributed by atoms with E-state index < -0.39 is 0 Å². The van der Waals surface area contributed by atoms with Crippen molar-refractivity contribution in [2.45, 2.75) is 39.2 Å². The van der Waals surface area contributed by atoms with Gasteiger partial charge in [0.2, 0.25) is 23.5 Å². The van der Waals surface area contributed by atoms with Crippen LogP contribution in [0.25, 0.3) is 0 Å². The van der Waals surface area contributed by atoms with E-state index in [2.05, 4.69) is 10.1 Å². The second kappa shape index (κ2) is 6.20. The van der Waals surface area contributed by atoms with Gasteiger partial charge in [-0.1, -0.05) is 19.0 Å². The Labute approximate surface area is 133 Å². The third kappa shape index (κ3) is 3.23. The fourth-order valence-corrected chi connectivity index (χ4v) is 2.26. The van der Waals surface area contributed by atoms with E-state index >= 15 is 0 Å². The summed E-state index contributed by atoms with van der Waals surface area (Å²) in [6.07, 6.45) is 0.542. The van der Waals surface area contributed by atoms with Crippen LogP contribution in [0.15, 0.2) is 28.8 Å². The molecule has 0 spiro atoms. The molecule has 2 heterocycles. The largest absolute Gasteiger partial charge is 0.485 e. The molecule has 1 aromatic carbocycles. The number of aromatic nitrogens is 2. The number of anilines is 1. The van der Waals surface area contributed by atoms with Crippen LogP contribution >= 0.6 is 0 Å². The quantitative estimate of drug-likeness (QED) is 0.788.